The molecule has 0 amide bonds. The summed E-state index contributed by atoms with van der Waals surface area (Å²) in [4.78, 5) is 10.8. The molecule has 2 aromatic rings. The average Bonchev–Trinajstić information content (AvgIpc) is 2.70. The third-order valence-corrected chi connectivity index (χ3v) is 5.15. The average molecular weight is 392 g/mol. The van der Waals surface area contributed by atoms with Crippen LogP contribution in [0.5, 0.6) is 11.5 Å². The van der Waals surface area contributed by atoms with Crippen molar-refractivity contribution < 1.29 is 27.4 Å². The van der Waals surface area contributed by atoms with E-state index in [4.69, 9.17) is 9.47 Å². The molecule has 1 fully saturated rings. The van der Waals surface area contributed by atoms with Crippen LogP contribution in [0.25, 0.3) is 11.1 Å². The summed E-state index contributed by atoms with van der Waals surface area (Å²) in [7, 11) is 0. The fourth-order valence-electron chi connectivity index (χ4n) is 3.52. The number of carbonyl (C=O) groups excluding carboxylic acids is 1. The number of aldehydes is 1. The third-order valence-electron chi connectivity index (χ3n) is 5.15. The van der Waals surface area contributed by atoms with Gasteiger partial charge in [-0.1, -0.05) is 0 Å². The van der Waals surface area contributed by atoms with Gasteiger partial charge in [0, 0.05) is 23.1 Å². The minimum Gasteiger partial charge on any atom is -0.494 e. The molecule has 1 saturated carbocycles. The molecule has 0 unspecified atom stereocenters. The van der Waals surface area contributed by atoms with Crippen molar-refractivity contribution in [3.8, 4) is 22.6 Å². The van der Waals surface area contributed by atoms with E-state index < -0.39 is 17.5 Å². The number of ether oxygens (including phenoxy) is 2. The van der Waals surface area contributed by atoms with Gasteiger partial charge in [0.1, 0.15) is 17.9 Å². The van der Waals surface area contributed by atoms with Gasteiger partial charge >= 0.3 is 0 Å². The standard InChI is InChI=1S/C22H23F3O3/c1-2-27-16-7-8-17(19(23)11-16)18-9-10-20(22(25)21(18)24)28-13-15-5-3-14(12-26)4-6-15/h7-12,14-15H,2-6,13H2,1H3. The zero-order chi connectivity index (χ0) is 20.1. The second-order valence-electron chi connectivity index (χ2n) is 7.04. The Morgan fingerprint density at radius 3 is 2.32 bits per heavy atom. The Balaban J connectivity index is 1.72. The summed E-state index contributed by atoms with van der Waals surface area (Å²) in [6.45, 7) is 2.41. The molecule has 3 nitrogen and oxygen atoms in total. The molecule has 0 bridgehead atoms. The van der Waals surface area contributed by atoms with Crippen molar-refractivity contribution in [3.05, 3.63) is 47.8 Å². The number of halogens is 3. The van der Waals surface area contributed by atoms with Crippen LogP contribution in [0.2, 0.25) is 0 Å². The number of carbonyl (C=O) groups is 1. The van der Waals surface area contributed by atoms with Gasteiger partial charge in [-0.25, -0.2) is 8.78 Å². The largest absolute Gasteiger partial charge is 0.494 e. The van der Waals surface area contributed by atoms with Crippen molar-refractivity contribution in [2.75, 3.05) is 13.2 Å². The lowest BCUT2D eigenvalue weighted by atomic mass is 9.83. The number of rotatable bonds is 7. The molecular weight excluding hydrogens is 369 g/mol. The first kappa shape index (κ1) is 20.2. The maximum atomic E-state index is 14.5. The van der Waals surface area contributed by atoms with Gasteiger partial charge in [0.2, 0.25) is 5.82 Å². The highest BCUT2D eigenvalue weighted by Crippen LogP contribution is 2.34. The summed E-state index contributed by atoms with van der Waals surface area (Å²) in [6, 6.07) is 6.66. The fourth-order valence-corrected chi connectivity index (χ4v) is 3.52. The van der Waals surface area contributed by atoms with Crippen molar-refractivity contribution in [3.63, 3.8) is 0 Å². The van der Waals surface area contributed by atoms with Gasteiger partial charge in [-0.15, -0.1) is 0 Å². The lowest BCUT2D eigenvalue weighted by Crippen LogP contribution is -2.21. The highest BCUT2D eigenvalue weighted by molar-refractivity contribution is 5.66. The topological polar surface area (TPSA) is 35.5 Å². The van der Waals surface area contributed by atoms with Crippen LogP contribution in [-0.2, 0) is 4.79 Å². The molecule has 0 radical (unpaired) electrons. The summed E-state index contributed by atoms with van der Waals surface area (Å²) in [5, 5.41) is 0. The van der Waals surface area contributed by atoms with E-state index in [1.807, 2.05) is 0 Å². The van der Waals surface area contributed by atoms with Crippen LogP contribution >= 0.6 is 0 Å². The van der Waals surface area contributed by atoms with Gasteiger partial charge in [0.15, 0.2) is 11.6 Å². The molecule has 0 aliphatic heterocycles. The fraction of sp³-hybridized carbons (Fsp3) is 0.409. The molecule has 1 aliphatic rings. The summed E-state index contributed by atoms with van der Waals surface area (Å²) in [6.07, 6.45) is 4.21. The van der Waals surface area contributed by atoms with Gasteiger partial charge in [-0.2, -0.15) is 4.39 Å². The monoisotopic (exact) mass is 392 g/mol. The van der Waals surface area contributed by atoms with E-state index in [0.29, 0.717) is 12.4 Å². The summed E-state index contributed by atoms with van der Waals surface area (Å²) in [5.74, 6) is -2.53. The smallest absolute Gasteiger partial charge is 0.201 e. The number of benzene rings is 2. The first-order chi connectivity index (χ1) is 13.5. The van der Waals surface area contributed by atoms with Crippen molar-refractivity contribution in [2.24, 2.45) is 11.8 Å². The molecule has 3 rings (SSSR count). The minimum atomic E-state index is -1.15. The molecule has 0 N–H and O–H groups in total. The lowest BCUT2D eigenvalue weighted by molar-refractivity contribution is -0.112. The summed E-state index contributed by atoms with van der Waals surface area (Å²) in [5.41, 5.74) is -0.213. The zero-order valence-electron chi connectivity index (χ0n) is 15.7. The second kappa shape index (κ2) is 9.13. The van der Waals surface area contributed by atoms with Crippen LogP contribution in [0.15, 0.2) is 30.3 Å². The Labute approximate surface area is 162 Å². The Bertz CT molecular complexity index is 830. The molecule has 0 spiro atoms. The third kappa shape index (κ3) is 4.49. The first-order valence-corrected chi connectivity index (χ1v) is 9.52. The van der Waals surface area contributed by atoms with Crippen LogP contribution < -0.4 is 9.47 Å². The predicted octanol–water partition coefficient (Wildman–Crippen LogP) is 5.55. The van der Waals surface area contributed by atoms with Gasteiger partial charge in [-0.05, 0) is 62.8 Å². The van der Waals surface area contributed by atoms with Gasteiger partial charge < -0.3 is 14.3 Å². The molecular formula is C22H23F3O3. The second-order valence-corrected chi connectivity index (χ2v) is 7.04. The van der Waals surface area contributed by atoms with Gasteiger partial charge in [0.05, 0.1) is 13.2 Å². The maximum absolute atomic E-state index is 14.5. The highest BCUT2D eigenvalue weighted by Gasteiger charge is 2.23. The van der Waals surface area contributed by atoms with Crippen LogP contribution in [0.1, 0.15) is 32.6 Å². The van der Waals surface area contributed by atoms with Crippen molar-refractivity contribution in [1.29, 1.82) is 0 Å². The Kier molecular flexibility index (Phi) is 6.60. The van der Waals surface area contributed by atoms with E-state index in [1.54, 1.807) is 6.92 Å². The molecule has 0 saturated heterocycles. The molecule has 28 heavy (non-hydrogen) atoms. The highest BCUT2D eigenvalue weighted by atomic mass is 19.2. The molecule has 2 aromatic carbocycles. The van der Waals surface area contributed by atoms with Crippen molar-refractivity contribution in [2.45, 2.75) is 32.6 Å². The van der Waals surface area contributed by atoms with Crippen LogP contribution in [0.3, 0.4) is 0 Å². The first-order valence-electron chi connectivity index (χ1n) is 9.52. The van der Waals surface area contributed by atoms with Crippen LogP contribution in [0, 0.1) is 29.3 Å². The van der Waals surface area contributed by atoms with Gasteiger partial charge in [-0.3, -0.25) is 0 Å². The number of hydrogen-bond acceptors (Lipinski definition) is 3. The summed E-state index contributed by atoms with van der Waals surface area (Å²) >= 11 is 0. The molecule has 150 valence electrons. The van der Waals surface area contributed by atoms with Crippen molar-refractivity contribution in [1.82, 2.24) is 0 Å². The van der Waals surface area contributed by atoms with E-state index in [9.17, 15) is 18.0 Å². The molecule has 6 heteroatoms. The van der Waals surface area contributed by atoms with E-state index in [1.165, 1.54) is 24.3 Å². The maximum Gasteiger partial charge on any atom is 0.201 e. The minimum absolute atomic E-state index is 0.0430. The number of hydrogen-bond donors (Lipinski definition) is 0. The molecule has 1 aliphatic carbocycles. The van der Waals surface area contributed by atoms with E-state index in [-0.39, 0.29) is 35.3 Å². The van der Waals surface area contributed by atoms with E-state index in [0.717, 1.165) is 38.0 Å². The Hall–Kier alpha value is -2.50. The summed E-state index contributed by atoms with van der Waals surface area (Å²) < 4.78 is 54.0. The molecule has 0 aromatic heterocycles. The van der Waals surface area contributed by atoms with Crippen molar-refractivity contribution >= 4 is 6.29 Å². The van der Waals surface area contributed by atoms with E-state index >= 15 is 0 Å². The zero-order valence-corrected chi connectivity index (χ0v) is 15.7. The Morgan fingerprint density at radius 1 is 0.964 bits per heavy atom. The Morgan fingerprint density at radius 2 is 1.68 bits per heavy atom. The molecule has 0 atom stereocenters. The SMILES string of the molecule is CCOc1ccc(-c2ccc(OCC3CCC(C=O)CC3)c(F)c2F)c(F)c1. The van der Waals surface area contributed by atoms with Crippen LogP contribution in [-0.4, -0.2) is 19.5 Å². The molecule has 0 heterocycles. The van der Waals surface area contributed by atoms with Gasteiger partial charge in [0.25, 0.3) is 0 Å². The predicted molar refractivity (Wildman–Crippen MR) is 99.9 cm³/mol. The lowest BCUT2D eigenvalue weighted by Gasteiger charge is -2.25. The quantitative estimate of drug-likeness (QED) is 0.579. The van der Waals surface area contributed by atoms with Crippen LogP contribution in [0.4, 0.5) is 13.2 Å². The van der Waals surface area contributed by atoms with E-state index in [2.05, 4.69) is 0 Å². The normalized spacial score (nSPS) is 19.3.